The predicted molar refractivity (Wildman–Crippen MR) is 77.1 cm³/mol. The van der Waals surface area contributed by atoms with Gasteiger partial charge in [-0.15, -0.1) is 0 Å². The first-order valence-electron chi connectivity index (χ1n) is 6.58. The molecule has 0 amide bonds. The van der Waals surface area contributed by atoms with Gasteiger partial charge in [-0.3, -0.25) is 4.79 Å². The fourth-order valence-electron chi connectivity index (χ4n) is 2.26. The second-order valence-electron chi connectivity index (χ2n) is 4.69. The number of para-hydroxylation sites is 1. The van der Waals surface area contributed by atoms with Crippen molar-refractivity contribution in [3.05, 3.63) is 63.9 Å². The topological polar surface area (TPSA) is 45.8 Å². The number of aromatic nitrogens is 2. The summed E-state index contributed by atoms with van der Waals surface area (Å²) in [5.74, 6) is -1.86. The van der Waals surface area contributed by atoms with Crippen molar-refractivity contribution in [2.45, 2.75) is 13.3 Å². The maximum absolute atomic E-state index is 14.1. The Hall–Kier alpha value is -2.56. The van der Waals surface area contributed by atoms with E-state index in [4.69, 9.17) is 0 Å². The first kappa shape index (κ1) is 13.4. The van der Waals surface area contributed by atoms with Gasteiger partial charge in [0.05, 0.1) is 16.5 Å². The number of aryl methyl sites for hydroxylation is 1. The van der Waals surface area contributed by atoms with Crippen molar-refractivity contribution >= 4 is 10.9 Å². The molecule has 0 aliphatic carbocycles. The van der Waals surface area contributed by atoms with Crippen LogP contribution in [0.25, 0.3) is 22.3 Å². The smallest absolute Gasteiger partial charge is 0.259 e. The molecule has 0 fully saturated rings. The van der Waals surface area contributed by atoms with E-state index >= 15 is 0 Å². The Morgan fingerprint density at radius 3 is 2.62 bits per heavy atom. The van der Waals surface area contributed by atoms with Gasteiger partial charge in [0.15, 0.2) is 11.6 Å². The van der Waals surface area contributed by atoms with Crippen LogP contribution in [-0.4, -0.2) is 9.97 Å². The minimum absolute atomic E-state index is 0.0257. The summed E-state index contributed by atoms with van der Waals surface area (Å²) in [6.45, 7) is 1.74. The molecule has 2 aromatic carbocycles. The molecule has 3 rings (SSSR count). The summed E-state index contributed by atoms with van der Waals surface area (Å²) in [5.41, 5.74) is 0.303. The van der Waals surface area contributed by atoms with Crippen LogP contribution in [0.1, 0.15) is 12.5 Å². The Bertz CT molecular complexity index is 887. The minimum Gasteiger partial charge on any atom is -0.306 e. The summed E-state index contributed by atoms with van der Waals surface area (Å²) >= 11 is 0. The number of benzene rings is 2. The fraction of sp³-hybridized carbons (Fsp3) is 0.125. The van der Waals surface area contributed by atoms with Gasteiger partial charge in [0, 0.05) is 0 Å². The van der Waals surface area contributed by atoms with E-state index in [1.54, 1.807) is 31.2 Å². The Kier molecular flexibility index (Phi) is 3.25. The molecule has 0 unspecified atom stereocenters. The lowest BCUT2D eigenvalue weighted by Crippen LogP contribution is -2.10. The number of fused-ring (bicyclic) bond motifs is 1. The number of hydrogen-bond donors (Lipinski definition) is 1. The van der Waals surface area contributed by atoms with Crippen LogP contribution in [0.2, 0.25) is 0 Å². The van der Waals surface area contributed by atoms with E-state index in [1.165, 1.54) is 12.1 Å². The first-order valence-corrected chi connectivity index (χ1v) is 6.58. The maximum Gasteiger partial charge on any atom is 0.259 e. The summed E-state index contributed by atoms with van der Waals surface area (Å²) in [6, 6.07) is 9.67. The molecule has 1 heterocycles. The normalized spacial score (nSPS) is 11.0. The molecule has 3 nitrogen and oxygen atoms in total. The number of rotatable bonds is 2. The molecule has 3 aromatic rings. The summed E-state index contributed by atoms with van der Waals surface area (Å²) in [7, 11) is 0. The van der Waals surface area contributed by atoms with E-state index in [1.807, 2.05) is 0 Å². The van der Waals surface area contributed by atoms with Crippen LogP contribution in [-0.2, 0) is 6.42 Å². The highest BCUT2D eigenvalue weighted by Gasteiger charge is 2.16. The molecule has 0 saturated heterocycles. The third-order valence-electron chi connectivity index (χ3n) is 3.41. The standard InChI is InChI=1S/C16H12F2N2O/c1-2-9-7-8-11(14(18)13(9)17)15-19-12-6-4-3-5-10(12)16(21)20-15/h3-8H,2H2,1H3,(H,19,20,21). The van der Waals surface area contributed by atoms with Crippen LogP contribution in [0, 0.1) is 11.6 Å². The number of halogens is 2. The molecule has 106 valence electrons. The second kappa shape index (κ2) is 5.09. The zero-order valence-corrected chi connectivity index (χ0v) is 11.3. The number of nitrogens with zero attached hydrogens (tertiary/aromatic N) is 1. The van der Waals surface area contributed by atoms with Crippen LogP contribution in [0.4, 0.5) is 8.78 Å². The quantitative estimate of drug-likeness (QED) is 0.784. The molecular weight excluding hydrogens is 274 g/mol. The van der Waals surface area contributed by atoms with Crippen LogP contribution in [0.3, 0.4) is 0 Å². The van der Waals surface area contributed by atoms with Gasteiger partial charge in [0.25, 0.3) is 5.56 Å². The largest absolute Gasteiger partial charge is 0.306 e. The van der Waals surface area contributed by atoms with Crippen molar-refractivity contribution in [3.63, 3.8) is 0 Å². The Morgan fingerprint density at radius 1 is 1.10 bits per heavy atom. The highest BCUT2D eigenvalue weighted by molar-refractivity contribution is 5.79. The Labute approximate surface area is 119 Å². The minimum atomic E-state index is -0.993. The van der Waals surface area contributed by atoms with Gasteiger partial charge >= 0.3 is 0 Å². The lowest BCUT2D eigenvalue weighted by atomic mass is 10.1. The van der Waals surface area contributed by atoms with E-state index in [-0.39, 0.29) is 16.9 Å². The van der Waals surface area contributed by atoms with E-state index < -0.39 is 11.6 Å². The molecule has 21 heavy (non-hydrogen) atoms. The van der Waals surface area contributed by atoms with Crippen molar-refractivity contribution in [1.82, 2.24) is 9.97 Å². The van der Waals surface area contributed by atoms with Gasteiger partial charge in [0.1, 0.15) is 5.82 Å². The summed E-state index contributed by atoms with van der Waals surface area (Å²) in [5, 5.41) is 0.410. The van der Waals surface area contributed by atoms with Gasteiger partial charge in [-0.2, -0.15) is 0 Å². The molecule has 0 spiro atoms. The van der Waals surface area contributed by atoms with Crippen molar-refractivity contribution in [3.8, 4) is 11.4 Å². The van der Waals surface area contributed by atoms with Crippen molar-refractivity contribution in [1.29, 1.82) is 0 Å². The zero-order chi connectivity index (χ0) is 15.0. The van der Waals surface area contributed by atoms with Crippen LogP contribution >= 0.6 is 0 Å². The monoisotopic (exact) mass is 286 g/mol. The van der Waals surface area contributed by atoms with Gasteiger partial charge in [-0.25, -0.2) is 13.8 Å². The van der Waals surface area contributed by atoms with E-state index in [0.717, 1.165) is 0 Å². The lowest BCUT2D eigenvalue weighted by Gasteiger charge is -2.07. The number of aromatic amines is 1. The summed E-state index contributed by atoms with van der Waals surface area (Å²) in [6.07, 6.45) is 0.394. The predicted octanol–water partition coefficient (Wildman–Crippen LogP) is 3.43. The number of hydrogen-bond acceptors (Lipinski definition) is 2. The SMILES string of the molecule is CCc1ccc(-c2nc3ccccc3c(=O)[nH]2)c(F)c1F. The molecule has 0 atom stereocenters. The van der Waals surface area contributed by atoms with Crippen LogP contribution < -0.4 is 5.56 Å². The van der Waals surface area contributed by atoms with Crippen LogP contribution in [0.15, 0.2) is 41.2 Å². The molecule has 0 saturated carbocycles. The Morgan fingerprint density at radius 2 is 1.86 bits per heavy atom. The molecule has 0 aliphatic heterocycles. The molecule has 1 N–H and O–H groups in total. The van der Waals surface area contributed by atoms with Gasteiger partial charge < -0.3 is 4.98 Å². The number of H-pyrrole nitrogens is 1. The summed E-state index contributed by atoms with van der Waals surface area (Å²) < 4.78 is 28.0. The first-order chi connectivity index (χ1) is 10.1. The molecule has 0 bridgehead atoms. The highest BCUT2D eigenvalue weighted by atomic mass is 19.2. The molecular formula is C16H12F2N2O. The lowest BCUT2D eigenvalue weighted by molar-refractivity contribution is 0.502. The molecule has 1 aromatic heterocycles. The van der Waals surface area contributed by atoms with E-state index in [0.29, 0.717) is 22.9 Å². The van der Waals surface area contributed by atoms with Gasteiger partial charge in [-0.1, -0.05) is 25.1 Å². The van der Waals surface area contributed by atoms with Crippen molar-refractivity contribution in [2.24, 2.45) is 0 Å². The zero-order valence-electron chi connectivity index (χ0n) is 11.3. The third kappa shape index (κ3) is 2.20. The number of nitrogens with one attached hydrogen (secondary N) is 1. The highest BCUT2D eigenvalue weighted by Crippen LogP contribution is 2.24. The Balaban J connectivity index is 2.26. The molecule has 0 aliphatic rings. The average molecular weight is 286 g/mol. The van der Waals surface area contributed by atoms with Gasteiger partial charge in [-0.05, 0) is 30.2 Å². The van der Waals surface area contributed by atoms with E-state index in [9.17, 15) is 13.6 Å². The fourth-order valence-corrected chi connectivity index (χ4v) is 2.26. The van der Waals surface area contributed by atoms with Crippen molar-refractivity contribution in [2.75, 3.05) is 0 Å². The molecule has 5 heteroatoms. The third-order valence-corrected chi connectivity index (χ3v) is 3.41. The van der Waals surface area contributed by atoms with Crippen molar-refractivity contribution < 1.29 is 8.78 Å². The second-order valence-corrected chi connectivity index (χ2v) is 4.69. The molecule has 0 radical (unpaired) electrons. The van der Waals surface area contributed by atoms with Crippen LogP contribution in [0.5, 0.6) is 0 Å². The van der Waals surface area contributed by atoms with E-state index in [2.05, 4.69) is 9.97 Å². The average Bonchev–Trinajstić information content (AvgIpc) is 2.50. The van der Waals surface area contributed by atoms with Gasteiger partial charge in [0.2, 0.25) is 0 Å². The maximum atomic E-state index is 14.1. The summed E-state index contributed by atoms with van der Waals surface area (Å²) in [4.78, 5) is 18.7.